The number of hydrogen-bond donors (Lipinski definition) is 0. The van der Waals surface area contributed by atoms with E-state index in [9.17, 15) is 4.79 Å². The summed E-state index contributed by atoms with van der Waals surface area (Å²) in [5.41, 5.74) is 0.395. The zero-order chi connectivity index (χ0) is 12.2. The van der Waals surface area contributed by atoms with E-state index in [1.54, 1.807) is 24.3 Å². The number of rotatable bonds is 2. The molecule has 1 amide bonds. The Morgan fingerprint density at radius 2 is 1.88 bits per heavy atom. The highest BCUT2D eigenvalue weighted by molar-refractivity contribution is 6.74. The fourth-order valence-electron chi connectivity index (χ4n) is 0.940. The Balaban J connectivity index is 2.77. The van der Waals surface area contributed by atoms with E-state index < -0.39 is 9.70 Å². The van der Waals surface area contributed by atoms with Crippen molar-refractivity contribution in [3.05, 3.63) is 29.8 Å². The molecule has 6 heteroatoms. The third-order valence-electron chi connectivity index (χ3n) is 1.67. The predicted molar refractivity (Wildman–Crippen MR) is 66.1 cm³/mol. The van der Waals surface area contributed by atoms with Crippen molar-refractivity contribution in [2.75, 3.05) is 7.11 Å². The van der Waals surface area contributed by atoms with Gasteiger partial charge in [0, 0.05) is 5.56 Å². The summed E-state index contributed by atoms with van der Waals surface area (Å²) in [5.74, 6) is 0.177. The lowest BCUT2D eigenvalue weighted by Crippen LogP contribution is -2.06. The molecule has 0 N–H and O–H groups in total. The second-order valence-electron chi connectivity index (χ2n) is 2.83. The zero-order valence-electron chi connectivity index (χ0n) is 8.28. The number of methoxy groups -OCH3 is 1. The van der Waals surface area contributed by atoms with Gasteiger partial charge in [0.2, 0.25) is 3.79 Å². The van der Waals surface area contributed by atoms with Gasteiger partial charge in [-0.25, -0.2) is 4.99 Å². The van der Waals surface area contributed by atoms with Gasteiger partial charge < -0.3 is 4.74 Å². The van der Waals surface area contributed by atoms with Crippen molar-refractivity contribution in [1.29, 1.82) is 0 Å². The monoisotopic (exact) mass is 279 g/mol. The highest BCUT2D eigenvalue weighted by Crippen LogP contribution is 2.23. The summed E-state index contributed by atoms with van der Waals surface area (Å²) in [5, 5.41) is 0. The second-order valence-corrected chi connectivity index (χ2v) is 5.20. The molecule has 0 radical (unpaired) electrons. The largest absolute Gasteiger partial charge is 0.497 e. The summed E-state index contributed by atoms with van der Waals surface area (Å²) in [6.07, 6.45) is 0.963. The summed E-state index contributed by atoms with van der Waals surface area (Å²) in [7, 11) is 1.54. The van der Waals surface area contributed by atoms with Crippen LogP contribution >= 0.6 is 34.8 Å². The maximum Gasteiger partial charge on any atom is 0.276 e. The van der Waals surface area contributed by atoms with Crippen molar-refractivity contribution < 1.29 is 9.53 Å². The molecule has 86 valence electrons. The topological polar surface area (TPSA) is 38.7 Å². The van der Waals surface area contributed by atoms with Gasteiger partial charge in [0.15, 0.2) is 0 Å². The lowest BCUT2D eigenvalue weighted by atomic mass is 10.2. The van der Waals surface area contributed by atoms with Crippen LogP contribution in [0.1, 0.15) is 10.4 Å². The van der Waals surface area contributed by atoms with Crippen molar-refractivity contribution in [3.63, 3.8) is 0 Å². The molecular weight excluding hydrogens is 272 g/mol. The van der Waals surface area contributed by atoms with E-state index in [1.165, 1.54) is 7.11 Å². The lowest BCUT2D eigenvalue weighted by molar-refractivity contribution is 0.100. The quantitative estimate of drug-likeness (QED) is 0.616. The molecule has 1 aromatic rings. The molecule has 1 aromatic carbocycles. The number of benzene rings is 1. The van der Waals surface area contributed by atoms with Crippen LogP contribution in [-0.4, -0.2) is 23.0 Å². The van der Waals surface area contributed by atoms with E-state index >= 15 is 0 Å². The van der Waals surface area contributed by atoms with Crippen LogP contribution in [0.5, 0.6) is 5.75 Å². The molecule has 0 aliphatic rings. The molecule has 3 nitrogen and oxygen atoms in total. The van der Waals surface area contributed by atoms with Crippen molar-refractivity contribution in [2.45, 2.75) is 3.79 Å². The Morgan fingerprint density at radius 3 is 2.31 bits per heavy atom. The van der Waals surface area contributed by atoms with Gasteiger partial charge in [0.25, 0.3) is 5.91 Å². The van der Waals surface area contributed by atoms with Gasteiger partial charge in [0.05, 0.1) is 13.3 Å². The van der Waals surface area contributed by atoms with Gasteiger partial charge in [-0.05, 0) is 24.3 Å². The summed E-state index contributed by atoms with van der Waals surface area (Å²) in [4.78, 5) is 15.0. The Labute approximate surface area is 108 Å². The lowest BCUT2D eigenvalue weighted by Gasteiger charge is -2.02. The fourth-order valence-corrected chi connectivity index (χ4v) is 1.09. The van der Waals surface area contributed by atoms with Crippen LogP contribution in [-0.2, 0) is 0 Å². The fraction of sp³-hybridized carbons (Fsp3) is 0.200. The molecule has 0 unspecified atom stereocenters. The number of carbonyl (C=O) groups excluding carboxylic acids is 1. The molecule has 0 aliphatic carbocycles. The smallest absolute Gasteiger partial charge is 0.276 e. The van der Waals surface area contributed by atoms with Crippen LogP contribution in [0, 0.1) is 0 Å². The first-order valence-electron chi connectivity index (χ1n) is 4.23. The molecular formula is C10H8Cl3NO2. The van der Waals surface area contributed by atoms with Crippen molar-refractivity contribution in [3.8, 4) is 5.75 Å². The summed E-state index contributed by atoms with van der Waals surface area (Å²) in [6, 6.07) is 6.46. The number of aliphatic imine (C=N–C) groups is 1. The van der Waals surface area contributed by atoms with E-state index in [4.69, 9.17) is 39.5 Å². The first-order valence-corrected chi connectivity index (χ1v) is 5.36. The highest BCUT2D eigenvalue weighted by atomic mass is 35.6. The number of alkyl halides is 3. The average molecular weight is 281 g/mol. The van der Waals surface area contributed by atoms with Gasteiger partial charge in [0.1, 0.15) is 5.75 Å². The minimum absolute atomic E-state index is 0.395. The van der Waals surface area contributed by atoms with E-state index in [-0.39, 0.29) is 0 Å². The molecule has 0 bridgehead atoms. The Morgan fingerprint density at radius 1 is 1.31 bits per heavy atom. The van der Waals surface area contributed by atoms with Gasteiger partial charge in [-0.15, -0.1) is 0 Å². The molecule has 0 heterocycles. The third kappa shape index (κ3) is 4.39. The van der Waals surface area contributed by atoms with Crippen molar-refractivity contribution >= 4 is 46.9 Å². The standard InChI is InChI=1S/C10H8Cl3NO2/c1-16-8-4-2-7(3-5-8)9(15)14-6-10(11,12)13/h2-6H,1H3. The molecule has 0 aromatic heterocycles. The number of ether oxygens (including phenoxy) is 1. The third-order valence-corrected chi connectivity index (χ3v) is 1.96. The normalized spacial score (nSPS) is 11.8. The van der Waals surface area contributed by atoms with E-state index in [0.29, 0.717) is 11.3 Å². The van der Waals surface area contributed by atoms with Crippen LogP contribution in [0.25, 0.3) is 0 Å². The van der Waals surface area contributed by atoms with Gasteiger partial charge >= 0.3 is 0 Å². The average Bonchev–Trinajstić information content (AvgIpc) is 2.25. The van der Waals surface area contributed by atoms with E-state index in [1.807, 2.05) is 0 Å². The second kappa shape index (κ2) is 5.53. The van der Waals surface area contributed by atoms with Crippen LogP contribution in [0.4, 0.5) is 0 Å². The van der Waals surface area contributed by atoms with Crippen LogP contribution in [0.2, 0.25) is 0 Å². The predicted octanol–water partition coefficient (Wildman–Crippen LogP) is 3.28. The maximum absolute atomic E-state index is 11.5. The van der Waals surface area contributed by atoms with Gasteiger partial charge in [-0.1, -0.05) is 34.8 Å². The van der Waals surface area contributed by atoms with Crippen molar-refractivity contribution in [1.82, 2.24) is 0 Å². The maximum atomic E-state index is 11.5. The molecule has 0 saturated heterocycles. The Hall–Kier alpha value is -0.770. The molecule has 0 saturated carbocycles. The first-order chi connectivity index (χ1) is 7.42. The van der Waals surface area contributed by atoms with Crippen LogP contribution < -0.4 is 4.74 Å². The number of halogens is 3. The molecule has 16 heavy (non-hydrogen) atoms. The van der Waals surface area contributed by atoms with Gasteiger partial charge in [-0.3, -0.25) is 4.79 Å². The van der Waals surface area contributed by atoms with Gasteiger partial charge in [-0.2, -0.15) is 0 Å². The van der Waals surface area contributed by atoms with E-state index in [2.05, 4.69) is 4.99 Å². The molecule has 0 aliphatic heterocycles. The summed E-state index contributed by atoms with van der Waals surface area (Å²) in [6.45, 7) is 0. The van der Waals surface area contributed by atoms with Crippen LogP contribution in [0.3, 0.4) is 0 Å². The Bertz CT molecular complexity index is 396. The zero-order valence-corrected chi connectivity index (χ0v) is 10.6. The summed E-state index contributed by atoms with van der Waals surface area (Å²) < 4.78 is 3.29. The minimum atomic E-state index is -1.66. The molecule has 0 fully saturated rings. The number of amides is 1. The van der Waals surface area contributed by atoms with Crippen molar-refractivity contribution in [2.24, 2.45) is 4.99 Å². The molecule has 0 spiro atoms. The Kier molecular flexibility index (Phi) is 4.59. The summed E-state index contributed by atoms with van der Waals surface area (Å²) >= 11 is 16.3. The van der Waals surface area contributed by atoms with Crippen LogP contribution in [0.15, 0.2) is 29.3 Å². The highest BCUT2D eigenvalue weighted by Gasteiger charge is 2.16. The number of hydrogen-bond acceptors (Lipinski definition) is 2. The molecule has 1 rings (SSSR count). The van der Waals surface area contributed by atoms with E-state index in [0.717, 1.165) is 6.21 Å². The minimum Gasteiger partial charge on any atom is -0.497 e. The number of carbonyl (C=O) groups is 1. The molecule has 0 atom stereocenters. The first kappa shape index (κ1) is 13.3. The SMILES string of the molecule is COc1ccc(C(=O)N=CC(Cl)(Cl)Cl)cc1. The number of nitrogens with zero attached hydrogens (tertiary/aromatic N) is 1.